The molecule has 1 unspecified atom stereocenters. The Morgan fingerprint density at radius 2 is 1.65 bits per heavy atom. The highest BCUT2D eigenvalue weighted by atomic mass is 32.2. The van der Waals surface area contributed by atoms with E-state index >= 15 is 0 Å². The van der Waals surface area contributed by atoms with Gasteiger partial charge in [-0.1, -0.05) is 48.5 Å². The van der Waals surface area contributed by atoms with Crippen LogP contribution in [0.4, 0.5) is 5.69 Å². The molecule has 0 bridgehead atoms. The Balaban J connectivity index is 2.21. The second-order valence-corrected chi connectivity index (χ2v) is 6.33. The number of sulfonamides is 1. The molecule has 0 heterocycles. The predicted molar refractivity (Wildman–Crippen MR) is 79.8 cm³/mol. The minimum Gasteiger partial charge on any atom is -0.389 e. The van der Waals surface area contributed by atoms with Crippen molar-refractivity contribution in [3.63, 3.8) is 0 Å². The summed E-state index contributed by atoms with van der Waals surface area (Å²) in [6, 6.07) is 15.8. The first-order chi connectivity index (χ1) is 9.48. The van der Waals surface area contributed by atoms with Crippen LogP contribution in [-0.2, 0) is 15.8 Å². The number of aliphatic hydroxyl groups excluding tert-OH is 1. The molecule has 0 aromatic heterocycles. The average Bonchev–Trinajstić information content (AvgIpc) is 2.39. The van der Waals surface area contributed by atoms with Gasteiger partial charge < -0.3 is 5.11 Å². The summed E-state index contributed by atoms with van der Waals surface area (Å²) >= 11 is 0. The summed E-state index contributed by atoms with van der Waals surface area (Å²) in [7, 11) is -3.50. The van der Waals surface area contributed by atoms with E-state index in [9.17, 15) is 13.5 Å². The zero-order chi connectivity index (χ0) is 14.6. The van der Waals surface area contributed by atoms with Crippen molar-refractivity contribution in [3.05, 3.63) is 65.7 Å². The standard InChI is InChI=1S/C15H17NO3S/c1-12(17)14-9-5-6-10-15(14)16-20(18,19)11-13-7-3-2-4-8-13/h2-10,12,16-17H,11H2,1H3. The molecular weight excluding hydrogens is 274 g/mol. The minimum absolute atomic E-state index is 0.0953. The van der Waals surface area contributed by atoms with Crippen LogP contribution in [0.5, 0.6) is 0 Å². The Morgan fingerprint density at radius 1 is 1.05 bits per heavy atom. The summed E-state index contributed by atoms with van der Waals surface area (Å²) in [5, 5.41) is 9.66. The molecular formula is C15H17NO3S. The van der Waals surface area contributed by atoms with Crippen LogP contribution in [0.2, 0.25) is 0 Å². The third kappa shape index (κ3) is 3.82. The smallest absolute Gasteiger partial charge is 0.236 e. The summed E-state index contributed by atoms with van der Waals surface area (Å²) < 4.78 is 26.8. The summed E-state index contributed by atoms with van der Waals surface area (Å²) in [6.07, 6.45) is -0.731. The molecule has 4 nitrogen and oxygen atoms in total. The van der Waals surface area contributed by atoms with Gasteiger partial charge in [0.05, 0.1) is 17.5 Å². The van der Waals surface area contributed by atoms with Gasteiger partial charge in [0.15, 0.2) is 0 Å². The van der Waals surface area contributed by atoms with Crippen molar-refractivity contribution in [2.75, 3.05) is 4.72 Å². The molecule has 2 aromatic rings. The molecule has 1 atom stereocenters. The molecule has 0 aliphatic rings. The zero-order valence-electron chi connectivity index (χ0n) is 11.2. The van der Waals surface area contributed by atoms with E-state index in [1.54, 1.807) is 55.5 Å². The molecule has 0 radical (unpaired) electrons. The maximum absolute atomic E-state index is 12.2. The highest BCUT2D eigenvalue weighted by molar-refractivity contribution is 7.91. The lowest BCUT2D eigenvalue weighted by Gasteiger charge is -2.14. The second-order valence-electron chi connectivity index (χ2n) is 4.61. The fraction of sp³-hybridized carbons (Fsp3) is 0.200. The number of hydrogen-bond acceptors (Lipinski definition) is 3. The van der Waals surface area contributed by atoms with Gasteiger partial charge in [-0.25, -0.2) is 8.42 Å². The lowest BCUT2D eigenvalue weighted by Crippen LogP contribution is -2.16. The van der Waals surface area contributed by atoms with Gasteiger partial charge in [0.2, 0.25) is 10.0 Å². The highest BCUT2D eigenvalue weighted by Gasteiger charge is 2.15. The van der Waals surface area contributed by atoms with Gasteiger partial charge in [-0.2, -0.15) is 0 Å². The first-order valence-electron chi connectivity index (χ1n) is 6.29. The number of rotatable bonds is 5. The van der Waals surface area contributed by atoms with Crippen molar-refractivity contribution in [1.29, 1.82) is 0 Å². The van der Waals surface area contributed by atoms with Crippen LogP contribution in [0.1, 0.15) is 24.2 Å². The van der Waals surface area contributed by atoms with E-state index in [1.165, 1.54) is 0 Å². The maximum atomic E-state index is 12.2. The second kappa shape index (κ2) is 6.07. The molecule has 20 heavy (non-hydrogen) atoms. The van der Waals surface area contributed by atoms with Gasteiger partial charge in [0.25, 0.3) is 0 Å². The van der Waals surface area contributed by atoms with Crippen LogP contribution < -0.4 is 4.72 Å². The Morgan fingerprint density at radius 3 is 2.30 bits per heavy atom. The number of benzene rings is 2. The van der Waals surface area contributed by atoms with Gasteiger partial charge in [-0.3, -0.25) is 4.72 Å². The van der Waals surface area contributed by atoms with Crippen LogP contribution in [0.15, 0.2) is 54.6 Å². The lowest BCUT2D eigenvalue weighted by molar-refractivity contribution is 0.200. The predicted octanol–water partition coefficient (Wildman–Crippen LogP) is 2.68. The third-order valence-electron chi connectivity index (χ3n) is 2.88. The van der Waals surface area contributed by atoms with Crippen molar-refractivity contribution in [3.8, 4) is 0 Å². The van der Waals surface area contributed by atoms with Crippen LogP contribution in [0.3, 0.4) is 0 Å². The summed E-state index contributed by atoms with van der Waals surface area (Å²) in [5.74, 6) is -0.0953. The number of nitrogens with one attached hydrogen (secondary N) is 1. The third-order valence-corrected chi connectivity index (χ3v) is 4.12. The molecule has 0 saturated heterocycles. The number of para-hydroxylation sites is 1. The Labute approximate surface area is 119 Å². The number of aliphatic hydroxyl groups is 1. The molecule has 2 rings (SSSR count). The van der Waals surface area contributed by atoms with Crippen LogP contribution in [0, 0.1) is 0 Å². The summed E-state index contributed by atoms with van der Waals surface area (Å²) in [5.41, 5.74) is 1.69. The average molecular weight is 291 g/mol. The molecule has 0 aliphatic carbocycles. The van der Waals surface area contributed by atoms with Crippen molar-refractivity contribution in [1.82, 2.24) is 0 Å². The topological polar surface area (TPSA) is 66.4 Å². The summed E-state index contributed by atoms with van der Waals surface area (Å²) in [4.78, 5) is 0. The first kappa shape index (κ1) is 14.6. The Hall–Kier alpha value is -1.85. The quantitative estimate of drug-likeness (QED) is 0.890. The molecule has 2 N–H and O–H groups in total. The Bertz CT molecular complexity index is 667. The lowest BCUT2D eigenvalue weighted by atomic mass is 10.1. The van der Waals surface area contributed by atoms with Gasteiger partial charge in [0, 0.05) is 5.56 Å². The normalized spacial score (nSPS) is 12.9. The number of anilines is 1. The molecule has 5 heteroatoms. The van der Waals surface area contributed by atoms with E-state index in [2.05, 4.69) is 4.72 Å². The van der Waals surface area contributed by atoms with Gasteiger partial charge in [-0.15, -0.1) is 0 Å². The van der Waals surface area contributed by atoms with E-state index in [-0.39, 0.29) is 5.75 Å². The monoisotopic (exact) mass is 291 g/mol. The molecule has 0 aliphatic heterocycles. The summed E-state index contributed by atoms with van der Waals surface area (Å²) in [6.45, 7) is 1.60. The largest absolute Gasteiger partial charge is 0.389 e. The van der Waals surface area contributed by atoms with Crippen molar-refractivity contribution in [2.45, 2.75) is 18.8 Å². The van der Waals surface area contributed by atoms with E-state index in [0.29, 0.717) is 11.3 Å². The highest BCUT2D eigenvalue weighted by Crippen LogP contribution is 2.23. The van der Waals surface area contributed by atoms with E-state index in [4.69, 9.17) is 0 Å². The molecule has 2 aromatic carbocycles. The van der Waals surface area contributed by atoms with E-state index in [1.807, 2.05) is 6.07 Å². The van der Waals surface area contributed by atoms with Crippen LogP contribution >= 0.6 is 0 Å². The fourth-order valence-corrected chi connectivity index (χ4v) is 3.18. The SMILES string of the molecule is CC(O)c1ccccc1NS(=O)(=O)Cc1ccccc1. The van der Waals surface area contributed by atoms with Crippen LogP contribution in [0.25, 0.3) is 0 Å². The van der Waals surface area contributed by atoms with E-state index in [0.717, 1.165) is 5.56 Å². The van der Waals surface area contributed by atoms with Crippen molar-refractivity contribution >= 4 is 15.7 Å². The van der Waals surface area contributed by atoms with Gasteiger partial charge in [-0.05, 0) is 18.6 Å². The fourth-order valence-electron chi connectivity index (χ4n) is 1.95. The molecule has 0 spiro atoms. The van der Waals surface area contributed by atoms with E-state index < -0.39 is 16.1 Å². The first-order valence-corrected chi connectivity index (χ1v) is 7.94. The van der Waals surface area contributed by atoms with Crippen molar-refractivity contribution in [2.24, 2.45) is 0 Å². The van der Waals surface area contributed by atoms with Gasteiger partial charge in [0.1, 0.15) is 0 Å². The molecule has 0 fully saturated rings. The Kier molecular flexibility index (Phi) is 4.42. The van der Waals surface area contributed by atoms with Gasteiger partial charge >= 0.3 is 0 Å². The molecule has 106 valence electrons. The minimum atomic E-state index is -3.50. The zero-order valence-corrected chi connectivity index (χ0v) is 12.0. The van der Waals surface area contributed by atoms with Crippen molar-refractivity contribution < 1.29 is 13.5 Å². The maximum Gasteiger partial charge on any atom is 0.236 e. The molecule has 0 amide bonds. The number of hydrogen-bond donors (Lipinski definition) is 2. The van der Waals surface area contributed by atoms with Crippen LogP contribution in [-0.4, -0.2) is 13.5 Å². The molecule has 0 saturated carbocycles.